The first-order valence-electron chi connectivity index (χ1n) is 7.88. The molecule has 3 heterocycles. The molecule has 7 nitrogen and oxygen atoms in total. The van der Waals surface area contributed by atoms with Crippen LogP contribution in [0.3, 0.4) is 0 Å². The number of esters is 1. The summed E-state index contributed by atoms with van der Waals surface area (Å²) in [6.07, 6.45) is 0.401. The lowest BCUT2D eigenvalue weighted by Gasteiger charge is -2.17. The molecule has 1 atom stereocenters. The number of ether oxygens (including phenoxy) is 1. The zero-order valence-corrected chi connectivity index (χ0v) is 13.1. The maximum Gasteiger partial charge on any atom is 0.306 e. The van der Waals surface area contributed by atoms with Gasteiger partial charge in [-0.15, -0.1) is 0 Å². The topological polar surface area (TPSA) is 81.3 Å². The lowest BCUT2D eigenvalue weighted by Crippen LogP contribution is -2.26. The minimum atomic E-state index is -0.473. The van der Waals surface area contributed by atoms with E-state index < -0.39 is 6.10 Å². The molecule has 7 heteroatoms. The van der Waals surface area contributed by atoms with Crippen LogP contribution < -0.4 is 0 Å². The Balaban J connectivity index is 1.76. The van der Waals surface area contributed by atoms with E-state index in [1.807, 2.05) is 4.90 Å². The molecule has 0 bridgehead atoms. The number of aromatic nitrogens is 2. The predicted octanol–water partition coefficient (Wildman–Crippen LogP) is 1.25. The second-order valence-electron chi connectivity index (χ2n) is 6.06. The molecule has 0 amide bonds. The van der Waals surface area contributed by atoms with E-state index in [4.69, 9.17) is 4.74 Å². The van der Waals surface area contributed by atoms with Gasteiger partial charge in [-0.25, -0.2) is 4.98 Å². The molecule has 0 radical (unpaired) electrons. The molecule has 4 rings (SSSR count). The van der Waals surface area contributed by atoms with Gasteiger partial charge in [0.25, 0.3) is 0 Å². The Bertz CT molecular complexity index is 785. The third-order valence-electron chi connectivity index (χ3n) is 4.57. The molecule has 0 N–H and O–H groups in total. The van der Waals surface area contributed by atoms with Crippen LogP contribution in [0.25, 0.3) is 0 Å². The summed E-state index contributed by atoms with van der Waals surface area (Å²) in [5.74, 6) is -0.140. The molecule has 2 aliphatic heterocycles. The van der Waals surface area contributed by atoms with Crippen molar-refractivity contribution in [3.63, 3.8) is 0 Å². The largest absolute Gasteiger partial charge is 0.454 e. The number of ketones is 2. The number of carbonyl (C=O) groups is 3. The third-order valence-corrected chi connectivity index (χ3v) is 4.57. The summed E-state index contributed by atoms with van der Waals surface area (Å²) in [6.45, 7) is 5.55. The molecule has 1 aromatic rings. The van der Waals surface area contributed by atoms with Gasteiger partial charge in [-0.1, -0.05) is 6.92 Å². The van der Waals surface area contributed by atoms with Gasteiger partial charge in [0.05, 0.1) is 5.70 Å². The maximum absolute atomic E-state index is 12.7. The number of hydrogen-bond donors (Lipinski definition) is 0. The summed E-state index contributed by atoms with van der Waals surface area (Å²) in [6, 6.07) is 0. The van der Waals surface area contributed by atoms with Crippen molar-refractivity contribution in [2.24, 2.45) is 0 Å². The van der Waals surface area contributed by atoms with Crippen molar-refractivity contribution >= 4 is 17.5 Å². The van der Waals surface area contributed by atoms with Crippen LogP contribution in [0.2, 0.25) is 0 Å². The molecular formula is C16H17N3O4. The second kappa shape index (κ2) is 4.78. The fraction of sp³-hybridized carbons (Fsp3) is 0.500. The minimum absolute atomic E-state index is 0.150. The average molecular weight is 315 g/mol. The molecule has 3 aliphatic rings. The third kappa shape index (κ3) is 1.95. The van der Waals surface area contributed by atoms with E-state index in [0.29, 0.717) is 35.8 Å². The normalized spacial score (nSPS) is 22.3. The Hall–Kier alpha value is -2.44. The molecule has 1 aliphatic carbocycles. The summed E-state index contributed by atoms with van der Waals surface area (Å²) in [4.78, 5) is 43.2. The minimum Gasteiger partial charge on any atom is -0.454 e. The Kier molecular flexibility index (Phi) is 2.94. The van der Waals surface area contributed by atoms with Crippen LogP contribution in [0.5, 0.6) is 0 Å². The summed E-state index contributed by atoms with van der Waals surface area (Å²) in [7, 11) is 0. The van der Waals surface area contributed by atoms with Crippen LogP contribution in [-0.4, -0.2) is 45.1 Å². The van der Waals surface area contributed by atoms with Gasteiger partial charge in [0, 0.05) is 38.0 Å². The number of fused-ring (bicyclic) bond motifs is 3. The monoisotopic (exact) mass is 315 g/mol. The number of imidazole rings is 1. The number of allylic oxidation sites excluding steroid dienone is 2. The van der Waals surface area contributed by atoms with E-state index in [1.54, 1.807) is 18.4 Å². The highest BCUT2D eigenvalue weighted by atomic mass is 16.5. The number of nitrogens with zero attached hydrogens (tertiary/aromatic N) is 3. The first-order chi connectivity index (χ1) is 11.0. The molecular weight excluding hydrogens is 298 g/mol. The van der Waals surface area contributed by atoms with Gasteiger partial charge in [-0.2, -0.15) is 0 Å². The van der Waals surface area contributed by atoms with Crippen molar-refractivity contribution in [1.29, 1.82) is 0 Å². The van der Waals surface area contributed by atoms with E-state index in [1.165, 1.54) is 0 Å². The molecule has 0 spiro atoms. The van der Waals surface area contributed by atoms with Crippen LogP contribution in [0.1, 0.15) is 59.6 Å². The maximum atomic E-state index is 12.7. The van der Waals surface area contributed by atoms with E-state index in [0.717, 1.165) is 13.1 Å². The molecule has 1 saturated heterocycles. The number of hydrogen-bond acceptors (Lipinski definition) is 6. The van der Waals surface area contributed by atoms with Gasteiger partial charge in [0.1, 0.15) is 11.4 Å². The summed E-state index contributed by atoms with van der Waals surface area (Å²) < 4.78 is 7.12. The number of Topliss-reactive ketones (excluding diaryl/α,β-unsaturated/α-hetero) is 2. The fourth-order valence-corrected chi connectivity index (χ4v) is 3.28. The quantitative estimate of drug-likeness (QED) is 0.617. The Morgan fingerprint density at radius 1 is 1.26 bits per heavy atom. The lowest BCUT2D eigenvalue weighted by atomic mass is 9.95. The van der Waals surface area contributed by atoms with Crippen molar-refractivity contribution < 1.29 is 19.1 Å². The first-order valence-corrected chi connectivity index (χ1v) is 7.88. The van der Waals surface area contributed by atoms with Crippen LogP contribution >= 0.6 is 0 Å². The van der Waals surface area contributed by atoms with Gasteiger partial charge < -0.3 is 14.2 Å². The van der Waals surface area contributed by atoms with Gasteiger partial charge >= 0.3 is 5.97 Å². The van der Waals surface area contributed by atoms with E-state index in [2.05, 4.69) is 4.98 Å². The molecule has 0 saturated carbocycles. The van der Waals surface area contributed by atoms with Crippen molar-refractivity contribution in [1.82, 2.24) is 14.5 Å². The summed E-state index contributed by atoms with van der Waals surface area (Å²) >= 11 is 0. The standard InChI is InChI=1S/C16H17N3O4/c1-3-10(20)23-9-4-5-19-13-11(17-16(9)19)15(22)12(18-6-7-18)8(2)14(13)21/h9H,3-7H2,1-2H3/t9-/m1/s1. The van der Waals surface area contributed by atoms with Gasteiger partial charge in [-0.05, 0) is 6.92 Å². The molecule has 120 valence electrons. The molecule has 23 heavy (non-hydrogen) atoms. The van der Waals surface area contributed by atoms with E-state index >= 15 is 0 Å². The van der Waals surface area contributed by atoms with Gasteiger partial charge in [0.2, 0.25) is 11.6 Å². The highest BCUT2D eigenvalue weighted by Crippen LogP contribution is 2.37. The van der Waals surface area contributed by atoms with Crippen molar-refractivity contribution in [2.75, 3.05) is 13.1 Å². The van der Waals surface area contributed by atoms with E-state index in [-0.39, 0.29) is 29.7 Å². The number of carbonyl (C=O) groups excluding carboxylic acids is 3. The first kappa shape index (κ1) is 14.2. The zero-order chi connectivity index (χ0) is 16.3. The highest BCUT2D eigenvalue weighted by Gasteiger charge is 2.43. The van der Waals surface area contributed by atoms with Crippen LogP contribution in [0.15, 0.2) is 11.3 Å². The lowest BCUT2D eigenvalue weighted by molar-refractivity contribution is -0.149. The number of rotatable bonds is 3. The fourth-order valence-electron chi connectivity index (χ4n) is 3.28. The zero-order valence-electron chi connectivity index (χ0n) is 13.1. The Morgan fingerprint density at radius 3 is 2.65 bits per heavy atom. The smallest absolute Gasteiger partial charge is 0.306 e. The molecule has 1 fully saturated rings. The highest BCUT2D eigenvalue weighted by molar-refractivity contribution is 6.25. The van der Waals surface area contributed by atoms with Crippen molar-refractivity contribution in [2.45, 2.75) is 39.3 Å². The molecule has 1 aromatic heterocycles. The van der Waals surface area contributed by atoms with Crippen molar-refractivity contribution in [3.8, 4) is 0 Å². The van der Waals surface area contributed by atoms with E-state index in [9.17, 15) is 14.4 Å². The predicted molar refractivity (Wildman–Crippen MR) is 78.9 cm³/mol. The van der Waals surface area contributed by atoms with Gasteiger partial charge in [-0.3, -0.25) is 14.4 Å². The second-order valence-corrected chi connectivity index (χ2v) is 6.06. The summed E-state index contributed by atoms with van der Waals surface area (Å²) in [5.41, 5.74) is 1.51. The van der Waals surface area contributed by atoms with Gasteiger partial charge in [0.15, 0.2) is 11.9 Å². The Morgan fingerprint density at radius 2 is 2.00 bits per heavy atom. The average Bonchev–Trinajstić information content (AvgIpc) is 3.17. The molecule has 0 aromatic carbocycles. The summed E-state index contributed by atoms with van der Waals surface area (Å²) in [5, 5.41) is 0. The van der Waals surface area contributed by atoms with Crippen LogP contribution in [0, 0.1) is 0 Å². The van der Waals surface area contributed by atoms with Crippen LogP contribution in [0.4, 0.5) is 0 Å². The molecule has 0 unspecified atom stereocenters. The van der Waals surface area contributed by atoms with Crippen LogP contribution in [-0.2, 0) is 16.1 Å². The SMILES string of the molecule is CCC(=O)O[C@@H]1CCn2c1nc1c2C(=O)C(C)=C(N2CC2)C1=O. The van der Waals surface area contributed by atoms with Crippen molar-refractivity contribution in [3.05, 3.63) is 28.5 Å². The Labute approximate surface area is 132 Å².